The van der Waals surface area contributed by atoms with Crippen molar-refractivity contribution in [1.82, 2.24) is 30.5 Å². The van der Waals surface area contributed by atoms with Gasteiger partial charge in [-0.2, -0.15) is 18.2 Å². The van der Waals surface area contributed by atoms with Crippen molar-refractivity contribution in [3.8, 4) is 11.4 Å². The van der Waals surface area contributed by atoms with Crippen LogP contribution < -0.4 is 5.32 Å². The molecule has 3 aromatic rings. The molecular formula is C19H17F3N6O5. The van der Waals surface area contributed by atoms with E-state index < -0.39 is 24.0 Å². The Labute approximate surface area is 183 Å². The fraction of sp³-hybridized carbons (Fsp3) is 0.368. The Balaban J connectivity index is 1.39. The van der Waals surface area contributed by atoms with Crippen molar-refractivity contribution in [1.29, 1.82) is 0 Å². The number of pyridine rings is 1. The van der Waals surface area contributed by atoms with Crippen molar-refractivity contribution in [2.75, 3.05) is 26.3 Å². The number of aryl methyl sites for hydroxylation is 1. The van der Waals surface area contributed by atoms with E-state index in [1.807, 2.05) is 0 Å². The van der Waals surface area contributed by atoms with Gasteiger partial charge in [0.05, 0.1) is 25.5 Å². The van der Waals surface area contributed by atoms with Gasteiger partial charge in [-0.05, 0) is 19.1 Å². The summed E-state index contributed by atoms with van der Waals surface area (Å²) in [4.78, 5) is 34.1. The van der Waals surface area contributed by atoms with E-state index in [-0.39, 0.29) is 36.1 Å². The SMILES string of the molecule is Cc1oncc1C(=O)N1CCOC[C@@H]1CNC(=O)c1ccc(-c2noc(C(F)(F)F)n2)cn1. The second kappa shape index (κ2) is 8.97. The minimum atomic E-state index is -4.76. The quantitative estimate of drug-likeness (QED) is 0.596. The second-order valence-corrected chi connectivity index (χ2v) is 7.09. The molecule has 11 nitrogen and oxygen atoms in total. The number of rotatable bonds is 5. The van der Waals surface area contributed by atoms with Gasteiger partial charge in [-0.3, -0.25) is 14.6 Å². The van der Waals surface area contributed by atoms with Crippen LogP contribution in [0.1, 0.15) is 32.5 Å². The first-order valence-electron chi connectivity index (χ1n) is 9.69. The van der Waals surface area contributed by atoms with E-state index >= 15 is 0 Å². The predicted octanol–water partition coefficient (Wildman–Crippen LogP) is 1.72. The van der Waals surface area contributed by atoms with Crippen LogP contribution in [-0.2, 0) is 10.9 Å². The Morgan fingerprint density at radius 2 is 2.06 bits per heavy atom. The minimum Gasteiger partial charge on any atom is -0.377 e. The lowest BCUT2D eigenvalue weighted by atomic mass is 10.1. The number of hydrogen-bond acceptors (Lipinski definition) is 9. The lowest BCUT2D eigenvalue weighted by molar-refractivity contribution is -0.159. The van der Waals surface area contributed by atoms with Crippen LogP contribution in [0.15, 0.2) is 33.6 Å². The van der Waals surface area contributed by atoms with Crippen LogP contribution in [-0.4, -0.2) is 69.3 Å². The normalized spacial score (nSPS) is 16.6. The Hall–Kier alpha value is -3.81. The van der Waals surface area contributed by atoms with Gasteiger partial charge in [0.15, 0.2) is 0 Å². The van der Waals surface area contributed by atoms with E-state index in [1.165, 1.54) is 18.3 Å². The number of nitrogens with one attached hydrogen (secondary N) is 1. The number of morpholine rings is 1. The summed E-state index contributed by atoms with van der Waals surface area (Å²) in [6.07, 6.45) is -2.26. The first-order chi connectivity index (χ1) is 15.7. The molecule has 1 atom stereocenters. The van der Waals surface area contributed by atoms with Crippen molar-refractivity contribution in [2.45, 2.75) is 19.1 Å². The van der Waals surface area contributed by atoms with E-state index in [2.05, 4.69) is 30.1 Å². The molecule has 14 heteroatoms. The van der Waals surface area contributed by atoms with Gasteiger partial charge < -0.3 is 24.0 Å². The number of aromatic nitrogens is 4. The zero-order valence-electron chi connectivity index (χ0n) is 17.1. The van der Waals surface area contributed by atoms with E-state index in [0.29, 0.717) is 24.5 Å². The van der Waals surface area contributed by atoms with Crippen molar-refractivity contribution >= 4 is 11.8 Å². The molecule has 0 aliphatic carbocycles. The largest absolute Gasteiger partial charge is 0.471 e. The van der Waals surface area contributed by atoms with Crippen LogP contribution in [0.3, 0.4) is 0 Å². The standard InChI is InChI=1S/C19H17F3N6O5/c1-10-13(8-25-32-10)17(30)28-4-5-31-9-12(28)7-24-16(29)14-3-2-11(6-23-14)15-26-18(33-27-15)19(20,21)22/h2-3,6,8,12H,4-5,7,9H2,1H3,(H,24,29)/t12-/m0/s1. The highest BCUT2D eigenvalue weighted by Gasteiger charge is 2.38. The summed E-state index contributed by atoms with van der Waals surface area (Å²) < 4.78 is 52.4. The van der Waals surface area contributed by atoms with Crippen LogP contribution in [0.4, 0.5) is 13.2 Å². The molecule has 4 heterocycles. The van der Waals surface area contributed by atoms with Gasteiger partial charge in [0, 0.05) is 24.8 Å². The molecule has 174 valence electrons. The Kier molecular flexibility index (Phi) is 6.09. The fourth-order valence-corrected chi connectivity index (χ4v) is 3.17. The maximum absolute atomic E-state index is 12.8. The summed E-state index contributed by atoms with van der Waals surface area (Å²) in [7, 11) is 0. The molecule has 1 aliphatic rings. The third kappa shape index (κ3) is 4.84. The molecule has 0 unspecified atom stereocenters. The first-order valence-corrected chi connectivity index (χ1v) is 9.69. The average molecular weight is 466 g/mol. The van der Waals surface area contributed by atoms with Crippen LogP contribution in [0, 0.1) is 6.92 Å². The zero-order chi connectivity index (χ0) is 23.6. The molecule has 3 aromatic heterocycles. The van der Waals surface area contributed by atoms with Crippen molar-refractivity contribution < 1.29 is 36.5 Å². The smallest absolute Gasteiger partial charge is 0.377 e. The molecule has 0 aromatic carbocycles. The van der Waals surface area contributed by atoms with E-state index in [9.17, 15) is 22.8 Å². The first kappa shape index (κ1) is 22.4. The highest BCUT2D eigenvalue weighted by molar-refractivity contribution is 5.95. The van der Waals surface area contributed by atoms with Gasteiger partial charge in [0.25, 0.3) is 11.8 Å². The molecular weight excluding hydrogens is 449 g/mol. The maximum Gasteiger partial charge on any atom is 0.471 e. The summed E-state index contributed by atoms with van der Waals surface area (Å²) in [6, 6.07) is 2.24. The molecule has 33 heavy (non-hydrogen) atoms. The summed E-state index contributed by atoms with van der Waals surface area (Å²) in [6.45, 7) is 2.64. The number of carbonyl (C=O) groups excluding carboxylic acids is 2. The monoisotopic (exact) mass is 466 g/mol. The second-order valence-electron chi connectivity index (χ2n) is 7.09. The Bertz CT molecular complexity index is 1140. The minimum absolute atomic E-state index is 0.0165. The Morgan fingerprint density at radius 1 is 1.24 bits per heavy atom. The number of amides is 2. The summed E-state index contributed by atoms with van der Waals surface area (Å²) >= 11 is 0. The molecule has 2 amide bonds. The zero-order valence-corrected chi connectivity index (χ0v) is 17.1. The molecule has 0 saturated carbocycles. The van der Waals surface area contributed by atoms with Gasteiger partial charge in [-0.15, -0.1) is 0 Å². The molecule has 0 bridgehead atoms. The van der Waals surface area contributed by atoms with Gasteiger partial charge in [0.2, 0.25) is 5.82 Å². The molecule has 0 radical (unpaired) electrons. The van der Waals surface area contributed by atoms with Gasteiger partial charge >= 0.3 is 12.1 Å². The number of ether oxygens (including phenoxy) is 1. The van der Waals surface area contributed by atoms with Crippen LogP contribution in [0.2, 0.25) is 0 Å². The summed E-state index contributed by atoms with van der Waals surface area (Å²) in [5, 5.41) is 9.57. The summed E-state index contributed by atoms with van der Waals surface area (Å²) in [5.41, 5.74) is 0.496. The van der Waals surface area contributed by atoms with E-state index in [1.54, 1.807) is 11.8 Å². The van der Waals surface area contributed by atoms with Gasteiger partial charge in [0.1, 0.15) is 17.0 Å². The number of alkyl halides is 3. The average Bonchev–Trinajstić information content (AvgIpc) is 3.47. The van der Waals surface area contributed by atoms with Crippen molar-refractivity contribution in [3.63, 3.8) is 0 Å². The third-order valence-electron chi connectivity index (χ3n) is 4.89. The van der Waals surface area contributed by atoms with Gasteiger partial charge in [-0.25, -0.2) is 0 Å². The van der Waals surface area contributed by atoms with Crippen molar-refractivity contribution in [2.24, 2.45) is 0 Å². The fourth-order valence-electron chi connectivity index (χ4n) is 3.17. The number of hydrogen-bond donors (Lipinski definition) is 1. The molecule has 1 aliphatic heterocycles. The Morgan fingerprint density at radius 3 is 2.70 bits per heavy atom. The maximum atomic E-state index is 12.8. The topological polar surface area (TPSA) is 136 Å². The third-order valence-corrected chi connectivity index (χ3v) is 4.89. The number of carbonyl (C=O) groups is 2. The molecule has 0 spiro atoms. The number of halogens is 3. The molecule has 1 N–H and O–H groups in total. The molecule has 1 fully saturated rings. The predicted molar refractivity (Wildman–Crippen MR) is 102 cm³/mol. The highest BCUT2D eigenvalue weighted by atomic mass is 19.4. The molecule has 4 rings (SSSR count). The van der Waals surface area contributed by atoms with Crippen LogP contribution >= 0.6 is 0 Å². The van der Waals surface area contributed by atoms with Crippen molar-refractivity contribution in [3.05, 3.63) is 47.4 Å². The highest BCUT2D eigenvalue weighted by Crippen LogP contribution is 2.29. The molecule has 1 saturated heterocycles. The number of nitrogens with zero attached hydrogens (tertiary/aromatic N) is 5. The summed E-state index contributed by atoms with van der Waals surface area (Å²) in [5.74, 6) is -2.21. The van der Waals surface area contributed by atoms with Crippen LogP contribution in [0.25, 0.3) is 11.4 Å². The van der Waals surface area contributed by atoms with E-state index in [0.717, 1.165) is 6.20 Å². The van der Waals surface area contributed by atoms with Gasteiger partial charge in [-0.1, -0.05) is 10.3 Å². The van der Waals surface area contributed by atoms with E-state index in [4.69, 9.17) is 9.26 Å². The van der Waals surface area contributed by atoms with Crippen LogP contribution in [0.5, 0.6) is 0 Å². The lowest BCUT2D eigenvalue weighted by Crippen LogP contribution is -2.53. The lowest BCUT2D eigenvalue weighted by Gasteiger charge is -2.35.